The summed E-state index contributed by atoms with van der Waals surface area (Å²) in [5.41, 5.74) is 2.20. The predicted molar refractivity (Wildman–Crippen MR) is 135 cm³/mol. The lowest BCUT2D eigenvalue weighted by Gasteiger charge is -2.11. The van der Waals surface area contributed by atoms with Crippen LogP contribution in [0.5, 0.6) is 5.75 Å². The predicted octanol–water partition coefficient (Wildman–Crippen LogP) is 5.20. The molecule has 0 aliphatic carbocycles. The Balaban J connectivity index is 1.66. The standard InChI is InChI=1S/C23H25ClN4O4S2/c1-6-7-28-18(11-32-16-8-13(2)20(24)14(3)9-16)26-27-23(28)33-12-19(29)25-21-17(22(30)31-5)10-15(4)34-21/h6,8-10H,1,7,11-12H2,2-5H3,(H,25,29). The molecular weight excluding hydrogens is 496 g/mol. The summed E-state index contributed by atoms with van der Waals surface area (Å²) >= 11 is 8.78. The van der Waals surface area contributed by atoms with Gasteiger partial charge in [-0.15, -0.1) is 28.1 Å². The fourth-order valence-corrected chi connectivity index (χ4v) is 4.94. The molecule has 180 valence electrons. The summed E-state index contributed by atoms with van der Waals surface area (Å²) < 4.78 is 12.5. The Morgan fingerprint density at radius 1 is 1.24 bits per heavy atom. The Hall–Kier alpha value is -2.82. The number of thioether (sulfide) groups is 1. The maximum atomic E-state index is 12.5. The number of halogens is 1. The number of carbonyl (C=O) groups excluding carboxylic acids is 2. The van der Waals surface area contributed by atoms with Gasteiger partial charge in [0.1, 0.15) is 17.4 Å². The monoisotopic (exact) mass is 520 g/mol. The number of hydrogen-bond acceptors (Lipinski definition) is 8. The maximum Gasteiger partial charge on any atom is 0.340 e. The molecule has 3 aromatic rings. The molecule has 0 bridgehead atoms. The minimum Gasteiger partial charge on any atom is -0.486 e. The number of esters is 1. The zero-order valence-electron chi connectivity index (χ0n) is 19.3. The number of benzene rings is 1. The van der Waals surface area contributed by atoms with Gasteiger partial charge in [0.2, 0.25) is 5.91 Å². The van der Waals surface area contributed by atoms with Crippen molar-refractivity contribution in [3.05, 3.63) is 63.3 Å². The summed E-state index contributed by atoms with van der Waals surface area (Å²) in [6.07, 6.45) is 1.73. The van der Waals surface area contributed by atoms with Gasteiger partial charge in [-0.25, -0.2) is 4.79 Å². The summed E-state index contributed by atoms with van der Waals surface area (Å²) in [6, 6.07) is 5.44. The third-order valence-electron chi connectivity index (χ3n) is 4.73. The van der Waals surface area contributed by atoms with E-state index in [4.69, 9.17) is 21.1 Å². The molecule has 0 radical (unpaired) electrons. The second-order valence-electron chi connectivity index (χ2n) is 7.39. The third-order valence-corrected chi connectivity index (χ3v) is 7.26. The minimum atomic E-state index is -0.492. The summed E-state index contributed by atoms with van der Waals surface area (Å²) in [5, 5.41) is 13.0. The summed E-state index contributed by atoms with van der Waals surface area (Å²) in [4.78, 5) is 25.4. The van der Waals surface area contributed by atoms with Gasteiger partial charge in [-0.3, -0.25) is 9.36 Å². The second kappa shape index (κ2) is 11.5. The topological polar surface area (TPSA) is 95.3 Å². The van der Waals surface area contributed by atoms with Gasteiger partial charge in [-0.2, -0.15) is 0 Å². The first-order chi connectivity index (χ1) is 16.2. The number of nitrogens with one attached hydrogen (secondary N) is 1. The van der Waals surface area contributed by atoms with Crippen LogP contribution in [0.4, 0.5) is 5.00 Å². The highest BCUT2D eigenvalue weighted by molar-refractivity contribution is 7.99. The highest BCUT2D eigenvalue weighted by Crippen LogP contribution is 2.29. The molecule has 2 heterocycles. The highest BCUT2D eigenvalue weighted by Gasteiger charge is 2.19. The number of allylic oxidation sites excluding steroid dienone is 1. The smallest absolute Gasteiger partial charge is 0.340 e. The third kappa shape index (κ3) is 6.19. The normalized spacial score (nSPS) is 10.7. The van der Waals surface area contributed by atoms with Crippen LogP contribution in [0.3, 0.4) is 0 Å². The van der Waals surface area contributed by atoms with Gasteiger partial charge < -0.3 is 14.8 Å². The number of methoxy groups -OCH3 is 1. The first-order valence-corrected chi connectivity index (χ1v) is 12.4. The first-order valence-electron chi connectivity index (χ1n) is 10.3. The van der Waals surface area contributed by atoms with Crippen LogP contribution >= 0.6 is 34.7 Å². The van der Waals surface area contributed by atoms with Crippen molar-refractivity contribution in [2.24, 2.45) is 0 Å². The molecule has 0 saturated heterocycles. The molecule has 1 N–H and O–H groups in total. The summed E-state index contributed by atoms with van der Waals surface area (Å²) in [6.45, 7) is 10.2. The lowest BCUT2D eigenvalue weighted by atomic mass is 10.1. The van der Waals surface area contributed by atoms with Gasteiger partial charge in [0.05, 0.1) is 18.4 Å². The Bertz CT molecular complexity index is 1200. The quantitative estimate of drug-likeness (QED) is 0.223. The number of anilines is 1. The van der Waals surface area contributed by atoms with Gasteiger partial charge in [-0.1, -0.05) is 29.4 Å². The Morgan fingerprint density at radius 3 is 2.59 bits per heavy atom. The van der Waals surface area contributed by atoms with Crippen molar-refractivity contribution < 1.29 is 19.1 Å². The minimum absolute atomic E-state index is 0.0866. The number of ether oxygens (including phenoxy) is 2. The first kappa shape index (κ1) is 25.8. The molecule has 34 heavy (non-hydrogen) atoms. The van der Waals surface area contributed by atoms with Crippen molar-refractivity contribution in [2.75, 3.05) is 18.2 Å². The van der Waals surface area contributed by atoms with Gasteiger partial charge in [-0.05, 0) is 50.1 Å². The van der Waals surface area contributed by atoms with Crippen LogP contribution in [0, 0.1) is 20.8 Å². The number of carbonyl (C=O) groups is 2. The number of aryl methyl sites for hydroxylation is 3. The molecule has 1 amide bonds. The Morgan fingerprint density at radius 2 is 1.94 bits per heavy atom. The van der Waals surface area contributed by atoms with Crippen molar-refractivity contribution in [3.8, 4) is 5.75 Å². The van der Waals surface area contributed by atoms with Gasteiger partial charge in [0.15, 0.2) is 11.0 Å². The molecule has 0 spiro atoms. The molecule has 0 aliphatic rings. The SMILES string of the molecule is C=CCn1c(COc2cc(C)c(Cl)c(C)c2)nnc1SCC(=O)Nc1sc(C)cc1C(=O)OC. The molecule has 2 aromatic heterocycles. The van der Waals surface area contributed by atoms with E-state index in [1.165, 1.54) is 30.2 Å². The Kier molecular flexibility index (Phi) is 8.76. The average molecular weight is 521 g/mol. The molecule has 0 saturated carbocycles. The number of rotatable bonds is 10. The van der Waals surface area contributed by atoms with Gasteiger partial charge in [0.25, 0.3) is 0 Å². The van der Waals surface area contributed by atoms with E-state index in [2.05, 4.69) is 22.1 Å². The van der Waals surface area contributed by atoms with Crippen LogP contribution in [-0.2, 0) is 22.7 Å². The lowest BCUT2D eigenvalue weighted by Crippen LogP contribution is -2.16. The average Bonchev–Trinajstić information content (AvgIpc) is 3.36. The van der Waals surface area contributed by atoms with Crippen LogP contribution in [0.25, 0.3) is 0 Å². The van der Waals surface area contributed by atoms with Crippen molar-refractivity contribution in [1.82, 2.24) is 14.8 Å². The molecule has 1 aromatic carbocycles. The molecule has 0 unspecified atom stereocenters. The molecular formula is C23H25ClN4O4S2. The van der Waals surface area contributed by atoms with Crippen LogP contribution in [0.1, 0.15) is 32.2 Å². The van der Waals surface area contributed by atoms with Gasteiger partial charge >= 0.3 is 5.97 Å². The number of nitrogens with zero attached hydrogens (tertiary/aromatic N) is 3. The van der Waals surface area contributed by atoms with E-state index in [0.29, 0.717) is 33.8 Å². The molecule has 0 fully saturated rings. The maximum absolute atomic E-state index is 12.5. The highest BCUT2D eigenvalue weighted by atomic mass is 35.5. The van der Waals surface area contributed by atoms with Crippen molar-refractivity contribution in [2.45, 2.75) is 39.1 Å². The van der Waals surface area contributed by atoms with E-state index >= 15 is 0 Å². The zero-order valence-corrected chi connectivity index (χ0v) is 21.7. The van der Waals surface area contributed by atoms with Crippen molar-refractivity contribution >= 4 is 51.6 Å². The molecule has 8 nitrogen and oxygen atoms in total. The van der Waals surface area contributed by atoms with E-state index in [9.17, 15) is 9.59 Å². The van der Waals surface area contributed by atoms with E-state index in [1.807, 2.05) is 37.5 Å². The van der Waals surface area contributed by atoms with Crippen LogP contribution < -0.4 is 10.1 Å². The molecule has 0 atom stereocenters. The van der Waals surface area contributed by atoms with Gasteiger partial charge in [0, 0.05) is 16.4 Å². The number of thiophene rings is 1. The van der Waals surface area contributed by atoms with Crippen LogP contribution in [-0.4, -0.2) is 39.5 Å². The zero-order chi connectivity index (χ0) is 24.8. The van der Waals surface area contributed by atoms with Crippen molar-refractivity contribution in [1.29, 1.82) is 0 Å². The van der Waals surface area contributed by atoms with E-state index in [0.717, 1.165) is 21.0 Å². The fraction of sp³-hybridized carbons (Fsp3) is 0.304. The van der Waals surface area contributed by atoms with E-state index < -0.39 is 5.97 Å². The van der Waals surface area contributed by atoms with E-state index in [1.54, 1.807) is 12.1 Å². The molecule has 3 rings (SSSR count). The lowest BCUT2D eigenvalue weighted by molar-refractivity contribution is -0.113. The van der Waals surface area contributed by atoms with Crippen LogP contribution in [0.2, 0.25) is 5.02 Å². The summed E-state index contributed by atoms with van der Waals surface area (Å²) in [5.74, 6) is 0.621. The number of aromatic nitrogens is 3. The largest absolute Gasteiger partial charge is 0.486 e. The van der Waals surface area contributed by atoms with Crippen molar-refractivity contribution in [3.63, 3.8) is 0 Å². The van der Waals surface area contributed by atoms with Crippen LogP contribution in [0.15, 0.2) is 36.0 Å². The fourth-order valence-electron chi connectivity index (χ4n) is 3.14. The number of hydrogen-bond donors (Lipinski definition) is 1. The molecule has 11 heteroatoms. The Labute approximate surface area is 211 Å². The number of amides is 1. The molecule has 0 aliphatic heterocycles. The summed E-state index contributed by atoms with van der Waals surface area (Å²) in [7, 11) is 1.31. The van der Waals surface area contributed by atoms with E-state index in [-0.39, 0.29) is 18.3 Å². The second-order valence-corrected chi connectivity index (χ2v) is 9.96.